The van der Waals surface area contributed by atoms with Crippen LogP contribution in [-0.4, -0.2) is 38.1 Å². The highest BCUT2D eigenvalue weighted by Crippen LogP contribution is 2.40. The van der Waals surface area contributed by atoms with Crippen molar-refractivity contribution in [1.29, 1.82) is 0 Å². The van der Waals surface area contributed by atoms with Crippen LogP contribution in [0.25, 0.3) is 11.3 Å². The molecule has 3 aromatic rings. The maximum atomic E-state index is 14.0. The molecule has 218 valence electrons. The largest absolute Gasteiger partial charge is 0.393 e. The van der Waals surface area contributed by atoms with Crippen LogP contribution in [0.1, 0.15) is 71.5 Å². The lowest BCUT2D eigenvalue weighted by Crippen LogP contribution is -2.55. The molecule has 40 heavy (non-hydrogen) atoms. The fourth-order valence-corrected chi connectivity index (χ4v) is 5.40. The molecule has 9 heteroatoms. The van der Waals surface area contributed by atoms with E-state index in [-0.39, 0.29) is 29.1 Å². The number of hydrogen-bond donors (Lipinski definition) is 1. The smallest absolute Gasteiger partial charge is 0.229 e. The first-order valence-corrected chi connectivity index (χ1v) is 13.5. The second kappa shape index (κ2) is 12.1. The zero-order chi connectivity index (χ0) is 30.1. The van der Waals surface area contributed by atoms with Gasteiger partial charge in [-0.3, -0.25) is 4.79 Å². The molecule has 0 fully saturated rings. The maximum absolute atomic E-state index is 14.0. The van der Waals surface area contributed by atoms with E-state index >= 15 is 0 Å². The molecule has 0 bridgehead atoms. The van der Waals surface area contributed by atoms with Crippen molar-refractivity contribution >= 4 is 5.91 Å². The highest BCUT2D eigenvalue weighted by Gasteiger charge is 2.44. The summed E-state index contributed by atoms with van der Waals surface area (Å²) in [5.41, 5.74) is 1.58. The van der Waals surface area contributed by atoms with Crippen LogP contribution in [-0.2, 0) is 16.9 Å². The van der Waals surface area contributed by atoms with Crippen LogP contribution in [0.3, 0.4) is 0 Å². The van der Waals surface area contributed by atoms with Crippen LogP contribution in [0.15, 0.2) is 36.4 Å². The summed E-state index contributed by atoms with van der Waals surface area (Å²) in [5.74, 6) is -4.42. The molecule has 2 heterocycles. The Morgan fingerprint density at radius 2 is 1.50 bits per heavy atom. The van der Waals surface area contributed by atoms with Gasteiger partial charge in [-0.15, -0.1) is 0 Å². The number of carbonyl (C=O) groups excluding carboxylic acids is 1. The molecule has 0 radical (unpaired) electrons. The molecule has 1 amide bonds. The third kappa shape index (κ3) is 6.24. The third-order valence-corrected chi connectivity index (χ3v) is 7.38. The van der Waals surface area contributed by atoms with E-state index < -0.39 is 35.0 Å². The first kappa shape index (κ1) is 31.3. The highest BCUT2D eigenvalue weighted by molar-refractivity contribution is 5.81. The number of imidazole rings is 1. The predicted molar refractivity (Wildman–Crippen MR) is 148 cm³/mol. The van der Waals surface area contributed by atoms with Gasteiger partial charge in [0.15, 0.2) is 17.5 Å². The molecule has 0 saturated carbocycles. The van der Waals surface area contributed by atoms with E-state index in [1.54, 1.807) is 24.0 Å². The van der Waals surface area contributed by atoms with Gasteiger partial charge in [-0.25, -0.2) is 22.5 Å². The highest BCUT2D eigenvalue weighted by atomic mass is 19.2. The number of aliphatic hydroxyl groups excluding tert-OH is 1. The topological polar surface area (TPSA) is 58.4 Å². The molecule has 1 aromatic heterocycles. The molecule has 5 nitrogen and oxygen atoms in total. The lowest BCUT2D eigenvalue weighted by atomic mass is 9.87. The summed E-state index contributed by atoms with van der Waals surface area (Å²) in [6, 6.07) is 8.31. The second-order valence-corrected chi connectivity index (χ2v) is 11.6. The van der Waals surface area contributed by atoms with E-state index in [1.165, 1.54) is 12.1 Å². The Morgan fingerprint density at radius 1 is 0.950 bits per heavy atom. The molecule has 1 aliphatic heterocycles. The van der Waals surface area contributed by atoms with Crippen molar-refractivity contribution in [3.8, 4) is 11.3 Å². The summed E-state index contributed by atoms with van der Waals surface area (Å²) in [4.78, 5) is 19.9. The lowest BCUT2D eigenvalue weighted by Gasteiger charge is -2.45. The Kier molecular flexibility index (Phi) is 9.50. The van der Waals surface area contributed by atoms with Crippen molar-refractivity contribution in [2.75, 3.05) is 6.54 Å². The number of hydrogen-bond acceptors (Lipinski definition) is 3. The molecule has 2 aromatic carbocycles. The second-order valence-electron chi connectivity index (χ2n) is 11.6. The number of amides is 1. The molecule has 1 aliphatic rings. The van der Waals surface area contributed by atoms with Crippen molar-refractivity contribution < 1.29 is 27.5 Å². The molecule has 4 rings (SSSR count). The number of aliphatic hydroxyl groups is 1. The number of nitrogens with zero attached hydrogens (tertiary/aromatic N) is 3. The van der Waals surface area contributed by atoms with Gasteiger partial charge in [-0.05, 0) is 63.8 Å². The Balaban J connectivity index is 0.000000472. The molecule has 2 atom stereocenters. The molecule has 0 aliphatic carbocycles. The summed E-state index contributed by atoms with van der Waals surface area (Å²) in [6.45, 7) is 15.9. The van der Waals surface area contributed by atoms with E-state index in [2.05, 4.69) is 0 Å². The zero-order valence-corrected chi connectivity index (χ0v) is 24.4. The van der Waals surface area contributed by atoms with Gasteiger partial charge in [0.05, 0.1) is 23.3 Å². The van der Waals surface area contributed by atoms with Gasteiger partial charge in [0.1, 0.15) is 11.6 Å². The van der Waals surface area contributed by atoms with Crippen molar-refractivity contribution in [2.24, 2.45) is 11.8 Å². The molecule has 1 N–H and O–H groups in total. The van der Waals surface area contributed by atoms with Gasteiger partial charge in [-0.1, -0.05) is 45.4 Å². The minimum atomic E-state index is -1.52. The Labute approximate surface area is 233 Å². The molecule has 0 saturated heterocycles. The summed E-state index contributed by atoms with van der Waals surface area (Å²) in [6.07, 6.45) is -0.799. The number of rotatable bonds is 5. The summed E-state index contributed by atoms with van der Waals surface area (Å²) < 4.78 is 55.6. The molecule has 2 unspecified atom stereocenters. The van der Waals surface area contributed by atoms with E-state index in [0.717, 1.165) is 23.4 Å². The fraction of sp³-hybridized carbons (Fsp3) is 0.484. The summed E-state index contributed by atoms with van der Waals surface area (Å²) >= 11 is 0. The average Bonchev–Trinajstić information content (AvgIpc) is 3.25. The predicted octanol–water partition coefficient (Wildman–Crippen LogP) is 6.96. The van der Waals surface area contributed by atoms with Crippen molar-refractivity contribution in [3.63, 3.8) is 0 Å². The number of halogens is 4. The molecular weight excluding hydrogens is 522 g/mol. The van der Waals surface area contributed by atoms with E-state index in [9.17, 15) is 27.5 Å². The van der Waals surface area contributed by atoms with Crippen LogP contribution in [0.4, 0.5) is 17.6 Å². The van der Waals surface area contributed by atoms with Crippen LogP contribution >= 0.6 is 0 Å². The van der Waals surface area contributed by atoms with Crippen molar-refractivity contribution in [2.45, 2.75) is 79.5 Å². The lowest BCUT2D eigenvalue weighted by molar-refractivity contribution is -0.148. The number of aryl methyl sites for hydroxylation is 1. The number of aromatic nitrogens is 2. The normalized spacial score (nSPS) is 15.9. The first-order chi connectivity index (χ1) is 18.6. The first-order valence-electron chi connectivity index (χ1n) is 13.5. The summed E-state index contributed by atoms with van der Waals surface area (Å²) in [7, 11) is 0. The molecule has 0 spiro atoms. The van der Waals surface area contributed by atoms with Crippen LogP contribution in [0.5, 0.6) is 0 Å². The molecular formula is C31H39F4N3O2. The standard InChI is InChI=1S/C24H32F3N3O2.C7H7F/c1-12(2)18(14(5)31)22(32)30-9-8-29-21(13(3)4)20(28-23(29)24(30,6)7)15-10-16(25)19(27)17(26)11-15;1-6-2-4-7(8)5-3-6/h10-14,18,31H,8-9H2,1-7H3;2-5H,1H3. The van der Waals surface area contributed by atoms with Gasteiger partial charge in [0.25, 0.3) is 0 Å². The summed E-state index contributed by atoms with van der Waals surface area (Å²) in [5, 5.41) is 10.2. The average molecular weight is 562 g/mol. The zero-order valence-electron chi connectivity index (χ0n) is 24.4. The van der Waals surface area contributed by atoms with Crippen LogP contribution in [0.2, 0.25) is 0 Å². The van der Waals surface area contributed by atoms with Gasteiger partial charge in [0, 0.05) is 24.3 Å². The number of carbonyl (C=O) groups is 1. The minimum Gasteiger partial charge on any atom is -0.393 e. The van der Waals surface area contributed by atoms with Gasteiger partial charge < -0.3 is 14.6 Å². The van der Waals surface area contributed by atoms with Gasteiger partial charge >= 0.3 is 0 Å². The Hall–Kier alpha value is -3.20. The third-order valence-electron chi connectivity index (χ3n) is 7.38. The van der Waals surface area contributed by atoms with E-state index in [0.29, 0.717) is 24.6 Å². The monoisotopic (exact) mass is 561 g/mol. The van der Waals surface area contributed by atoms with Crippen LogP contribution < -0.4 is 0 Å². The maximum Gasteiger partial charge on any atom is 0.229 e. The fourth-order valence-electron chi connectivity index (χ4n) is 5.40. The van der Waals surface area contributed by atoms with Crippen LogP contribution in [0, 0.1) is 42.0 Å². The van der Waals surface area contributed by atoms with E-state index in [1.807, 2.05) is 53.0 Å². The number of fused-ring (bicyclic) bond motifs is 1. The van der Waals surface area contributed by atoms with Crippen molar-refractivity contribution in [1.82, 2.24) is 14.5 Å². The van der Waals surface area contributed by atoms with Crippen molar-refractivity contribution in [3.05, 3.63) is 76.7 Å². The Morgan fingerprint density at radius 3 is 1.95 bits per heavy atom. The van der Waals surface area contributed by atoms with E-state index in [4.69, 9.17) is 4.98 Å². The van der Waals surface area contributed by atoms with Gasteiger partial charge in [0.2, 0.25) is 5.91 Å². The Bertz CT molecular complexity index is 1300. The SMILES string of the molecule is CC(C)c1c(-c2cc(F)c(F)c(F)c2)nc2n1CCN(C(=O)C(C(C)C)C(C)O)C2(C)C.Cc1ccc(F)cc1. The minimum absolute atomic E-state index is 0.0265. The number of benzene rings is 2. The van der Waals surface area contributed by atoms with Gasteiger partial charge in [-0.2, -0.15) is 0 Å². The quantitative estimate of drug-likeness (QED) is 0.271.